The monoisotopic (exact) mass is 259 g/mol. The van der Waals surface area contributed by atoms with Crippen LogP contribution in [-0.4, -0.2) is 23.1 Å². The van der Waals surface area contributed by atoms with Gasteiger partial charge in [0.05, 0.1) is 18.2 Å². The summed E-state index contributed by atoms with van der Waals surface area (Å²) in [6.45, 7) is 7.60. The Kier molecular flexibility index (Phi) is 6.11. The van der Waals surface area contributed by atoms with E-state index in [2.05, 4.69) is 21.0 Å². The maximum atomic E-state index is 10.3. The van der Waals surface area contributed by atoms with Gasteiger partial charge in [0.1, 0.15) is 0 Å². The van der Waals surface area contributed by atoms with Crippen molar-refractivity contribution >= 4 is 17.0 Å². The fraction of sp³-hybridized carbons (Fsp3) is 0.818. The molecule has 0 aromatic carbocycles. The van der Waals surface area contributed by atoms with Crippen LogP contribution in [0.1, 0.15) is 40.5 Å². The number of hydrogen-bond donors (Lipinski definition) is 0. The van der Waals surface area contributed by atoms with Crippen LogP contribution in [0.25, 0.3) is 0 Å². The van der Waals surface area contributed by atoms with Crippen LogP contribution in [0.3, 0.4) is 0 Å². The predicted molar refractivity (Wildman–Crippen MR) is 65.1 cm³/mol. The number of carbonyl (C=O) groups excluding carboxylic acids is 1. The third-order valence-corrected chi connectivity index (χ3v) is 1.94. The molecule has 1 atom stereocenters. The van der Waals surface area contributed by atoms with Crippen LogP contribution in [0.15, 0.2) is 10.2 Å². The SMILES string of the molecule is CC(C)(C)N=NC(C)(C#N)CCCOC(=O)Cl. The quantitative estimate of drug-likeness (QED) is 0.429. The molecule has 0 aliphatic carbocycles. The summed E-state index contributed by atoms with van der Waals surface area (Å²) in [5.41, 5.74) is -2.02. The molecule has 5 nitrogen and oxygen atoms in total. The van der Waals surface area contributed by atoms with Crippen molar-refractivity contribution in [2.45, 2.75) is 51.6 Å². The van der Waals surface area contributed by atoms with Crippen LogP contribution in [0.2, 0.25) is 0 Å². The lowest BCUT2D eigenvalue weighted by atomic mass is 9.99. The summed E-state index contributed by atoms with van der Waals surface area (Å²) in [5, 5.41) is 17.2. The summed E-state index contributed by atoms with van der Waals surface area (Å²) in [5.74, 6) is 0. The molecule has 0 heterocycles. The first-order chi connectivity index (χ1) is 7.68. The van der Waals surface area contributed by atoms with Crippen molar-refractivity contribution in [3.63, 3.8) is 0 Å². The molecular formula is C11H18ClN3O2. The van der Waals surface area contributed by atoms with E-state index in [4.69, 9.17) is 16.9 Å². The second-order valence-electron chi connectivity index (χ2n) is 4.95. The zero-order valence-corrected chi connectivity index (χ0v) is 11.4. The van der Waals surface area contributed by atoms with E-state index in [-0.39, 0.29) is 12.1 Å². The zero-order valence-electron chi connectivity index (χ0n) is 10.7. The zero-order chi connectivity index (χ0) is 13.5. The molecule has 0 N–H and O–H groups in total. The van der Waals surface area contributed by atoms with Crippen molar-refractivity contribution in [1.82, 2.24) is 0 Å². The molecule has 0 rings (SSSR count). The van der Waals surface area contributed by atoms with Crippen molar-refractivity contribution in [3.05, 3.63) is 0 Å². The number of azo groups is 1. The molecule has 0 saturated carbocycles. The molecule has 0 amide bonds. The van der Waals surface area contributed by atoms with E-state index < -0.39 is 11.0 Å². The summed E-state index contributed by atoms with van der Waals surface area (Å²) in [6.07, 6.45) is 0.985. The number of nitrogens with zero attached hydrogens (tertiary/aromatic N) is 3. The summed E-state index contributed by atoms with van der Waals surface area (Å²) in [6, 6.07) is 2.11. The lowest BCUT2D eigenvalue weighted by Crippen LogP contribution is -2.21. The Bertz CT molecular complexity index is 331. The summed E-state index contributed by atoms with van der Waals surface area (Å²) in [4.78, 5) is 10.3. The van der Waals surface area contributed by atoms with Crippen LogP contribution in [0.4, 0.5) is 4.79 Å². The number of nitriles is 1. The van der Waals surface area contributed by atoms with E-state index >= 15 is 0 Å². The number of rotatable bonds is 5. The third-order valence-electron chi connectivity index (χ3n) is 1.84. The second kappa shape index (κ2) is 6.55. The van der Waals surface area contributed by atoms with Gasteiger partial charge < -0.3 is 4.74 Å². The molecular weight excluding hydrogens is 242 g/mol. The van der Waals surface area contributed by atoms with Crippen molar-refractivity contribution in [2.75, 3.05) is 6.61 Å². The maximum Gasteiger partial charge on any atom is 0.403 e. The molecule has 0 spiro atoms. The van der Waals surface area contributed by atoms with Gasteiger partial charge in [-0.3, -0.25) is 0 Å². The number of ether oxygens (including phenoxy) is 1. The highest BCUT2D eigenvalue weighted by atomic mass is 35.5. The molecule has 0 saturated heterocycles. The van der Waals surface area contributed by atoms with Gasteiger partial charge in [0.15, 0.2) is 5.54 Å². The van der Waals surface area contributed by atoms with Crippen LogP contribution >= 0.6 is 11.6 Å². The van der Waals surface area contributed by atoms with Gasteiger partial charge in [-0.25, -0.2) is 4.79 Å². The Morgan fingerprint density at radius 2 is 1.94 bits per heavy atom. The third kappa shape index (κ3) is 8.64. The molecule has 0 aliphatic rings. The van der Waals surface area contributed by atoms with E-state index in [1.54, 1.807) is 6.92 Å². The Morgan fingerprint density at radius 3 is 2.35 bits per heavy atom. The van der Waals surface area contributed by atoms with Gasteiger partial charge in [-0.15, -0.1) is 0 Å². The lowest BCUT2D eigenvalue weighted by Gasteiger charge is -2.17. The van der Waals surface area contributed by atoms with Crippen molar-refractivity contribution in [1.29, 1.82) is 5.26 Å². The number of carbonyl (C=O) groups is 1. The van der Waals surface area contributed by atoms with Crippen molar-refractivity contribution in [2.24, 2.45) is 10.2 Å². The molecule has 0 fully saturated rings. The lowest BCUT2D eigenvalue weighted by molar-refractivity contribution is 0.169. The summed E-state index contributed by atoms with van der Waals surface area (Å²) in [7, 11) is 0. The molecule has 17 heavy (non-hydrogen) atoms. The van der Waals surface area contributed by atoms with E-state index in [9.17, 15) is 4.79 Å². The van der Waals surface area contributed by atoms with E-state index in [0.29, 0.717) is 12.8 Å². The second-order valence-corrected chi connectivity index (χ2v) is 5.25. The van der Waals surface area contributed by atoms with Gasteiger partial charge in [0.2, 0.25) is 0 Å². The Hall–Kier alpha value is -1.15. The Labute approximate surface area is 107 Å². The smallest absolute Gasteiger partial charge is 0.403 e. The molecule has 96 valence electrons. The average Bonchev–Trinajstić information content (AvgIpc) is 2.20. The van der Waals surface area contributed by atoms with Gasteiger partial charge in [-0.05, 0) is 40.5 Å². The van der Waals surface area contributed by atoms with E-state index in [1.165, 1.54) is 0 Å². The van der Waals surface area contributed by atoms with Gasteiger partial charge in [-0.1, -0.05) is 0 Å². The first-order valence-electron chi connectivity index (χ1n) is 5.36. The van der Waals surface area contributed by atoms with E-state index in [1.807, 2.05) is 20.8 Å². The maximum absolute atomic E-state index is 10.3. The molecule has 0 radical (unpaired) electrons. The number of halogens is 1. The van der Waals surface area contributed by atoms with Gasteiger partial charge in [-0.2, -0.15) is 15.5 Å². The summed E-state index contributed by atoms with van der Waals surface area (Å²) >= 11 is 5.01. The topological polar surface area (TPSA) is 74.8 Å². The Balaban J connectivity index is 4.26. The standard InChI is InChI=1S/C11H18ClN3O2/c1-10(2,3)14-15-11(4,8-13)6-5-7-17-9(12)16/h5-7H2,1-4H3. The van der Waals surface area contributed by atoms with E-state index in [0.717, 1.165) is 0 Å². The molecule has 0 aliphatic heterocycles. The average molecular weight is 260 g/mol. The molecule has 0 bridgehead atoms. The number of hydrogen-bond acceptors (Lipinski definition) is 5. The first-order valence-corrected chi connectivity index (χ1v) is 5.74. The van der Waals surface area contributed by atoms with Crippen molar-refractivity contribution < 1.29 is 9.53 Å². The van der Waals surface area contributed by atoms with Crippen LogP contribution < -0.4 is 0 Å². The van der Waals surface area contributed by atoms with Gasteiger partial charge in [0.25, 0.3) is 0 Å². The van der Waals surface area contributed by atoms with Crippen LogP contribution in [0.5, 0.6) is 0 Å². The minimum absolute atomic E-state index is 0.185. The minimum Gasteiger partial charge on any atom is -0.454 e. The summed E-state index contributed by atoms with van der Waals surface area (Å²) < 4.78 is 4.57. The van der Waals surface area contributed by atoms with Crippen molar-refractivity contribution in [3.8, 4) is 6.07 Å². The predicted octanol–water partition coefficient (Wildman–Crippen LogP) is 3.67. The van der Waals surface area contributed by atoms with Crippen LogP contribution in [0, 0.1) is 11.3 Å². The van der Waals surface area contributed by atoms with Gasteiger partial charge in [0, 0.05) is 11.6 Å². The molecule has 0 aromatic heterocycles. The molecule has 6 heteroatoms. The highest BCUT2D eigenvalue weighted by Gasteiger charge is 2.24. The highest BCUT2D eigenvalue weighted by molar-refractivity contribution is 6.61. The Morgan fingerprint density at radius 1 is 1.35 bits per heavy atom. The fourth-order valence-corrected chi connectivity index (χ4v) is 1.03. The van der Waals surface area contributed by atoms with Crippen LogP contribution in [-0.2, 0) is 4.74 Å². The first kappa shape index (κ1) is 15.9. The van der Waals surface area contributed by atoms with Gasteiger partial charge >= 0.3 is 5.43 Å². The fourth-order valence-electron chi connectivity index (χ4n) is 0.957. The minimum atomic E-state index is -0.883. The molecule has 0 aromatic rings. The largest absolute Gasteiger partial charge is 0.454 e. The highest BCUT2D eigenvalue weighted by Crippen LogP contribution is 2.20. The normalized spacial score (nSPS) is 15.3. The molecule has 1 unspecified atom stereocenters.